The summed E-state index contributed by atoms with van der Waals surface area (Å²) >= 11 is 0. The number of phenols is 1. The fraction of sp³-hybridized carbons (Fsp3) is 0.520. The van der Waals surface area contributed by atoms with Gasteiger partial charge in [0.25, 0.3) is 0 Å². The van der Waals surface area contributed by atoms with E-state index in [1.54, 1.807) is 13.2 Å². The van der Waals surface area contributed by atoms with Crippen molar-refractivity contribution >= 4 is 11.9 Å². The number of likely N-dealkylation sites (N-methyl/N-ethyl adjacent to an activating group) is 1. The summed E-state index contributed by atoms with van der Waals surface area (Å²) in [6.45, 7) is 0.924. The van der Waals surface area contributed by atoms with Crippen LogP contribution in [0.4, 0.5) is 0 Å². The maximum Gasteiger partial charge on any atom is 0.330 e. The van der Waals surface area contributed by atoms with Crippen LogP contribution in [0.5, 0.6) is 11.5 Å². The SMILES string of the molecule is COC(=O)/C=C/C(=O)N[C@H]1C[C@@]23C=C[C@]1(OC)[C@@H]1Oc4c(O)ccc5c4C12CCN(C)[C@@H]3C5. The van der Waals surface area contributed by atoms with Crippen LogP contribution < -0.4 is 10.1 Å². The van der Waals surface area contributed by atoms with Crippen LogP contribution in [0, 0.1) is 5.41 Å². The molecule has 2 N–H and O–H groups in total. The predicted molar refractivity (Wildman–Crippen MR) is 118 cm³/mol. The minimum absolute atomic E-state index is 0.150. The van der Waals surface area contributed by atoms with Gasteiger partial charge in [-0.2, -0.15) is 0 Å². The second kappa shape index (κ2) is 6.61. The van der Waals surface area contributed by atoms with E-state index in [1.807, 2.05) is 6.07 Å². The molecule has 174 valence electrons. The van der Waals surface area contributed by atoms with E-state index in [0.717, 1.165) is 31.0 Å². The standard InChI is InChI=1S/C25H28N2O6/c1-27-11-10-24-20-14-4-5-15(28)21(20)33-22(24)25(32-3)9-8-23(24,17(27)12-14)13-16(25)26-18(29)6-7-19(30)31-2/h4-9,16-17,22,28H,10-13H2,1-3H3,(H,26,29)/b7-6+/t16-,17+,22+,23+,24?,25+/m0/s1. The Kier molecular flexibility index (Phi) is 4.15. The van der Waals surface area contributed by atoms with Gasteiger partial charge in [-0.3, -0.25) is 4.79 Å². The number of ether oxygens (including phenoxy) is 3. The molecule has 2 heterocycles. The number of aromatic hydroxyl groups is 1. The first-order valence-corrected chi connectivity index (χ1v) is 11.4. The summed E-state index contributed by atoms with van der Waals surface area (Å²) in [6, 6.07) is 3.62. The zero-order valence-corrected chi connectivity index (χ0v) is 19.0. The Balaban J connectivity index is 1.50. The topological polar surface area (TPSA) is 97.3 Å². The van der Waals surface area contributed by atoms with Crippen LogP contribution >= 0.6 is 0 Å². The van der Waals surface area contributed by atoms with Crippen molar-refractivity contribution in [3.63, 3.8) is 0 Å². The quantitative estimate of drug-likeness (QED) is 0.403. The van der Waals surface area contributed by atoms with Gasteiger partial charge in [-0.25, -0.2) is 4.79 Å². The summed E-state index contributed by atoms with van der Waals surface area (Å²) in [5.74, 6) is -0.262. The molecule has 2 spiro atoms. The normalized spacial score (nSPS) is 39.3. The highest BCUT2D eigenvalue weighted by atomic mass is 16.6. The number of carbonyl (C=O) groups excluding carboxylic acids is 2. The molecule has 8 heteroatoms. The molecule has 1 aromatic carbocycles. The number of nitrogens with zero attached hydrogens (tertiary/aromatic N) is 1. The zero-order chi connectivity index (χ0) is 23.2. The van der Waals surface area contributed by atoms with Crippen molar-refractivity contribution in [3.8, 4) is 11.5 Å². The van der Waals surface area contributed by atoms with Crippen molar-refractivity contribution in [1.82, 2.24) is 10.2 Å². The van der Waals surface area contributed by atoms with E-state index < -0.39 is 11.6 Å². The van der Waals surface area contributed by atoms with Gasteiger partial charge in [-0.1, -0.05) is 18.2 Å². The number of hydrogen-bond acceptors (Lipinski definition) is 7. The van der Waals surface area contributed by atoms with Gasteiger partial charge in [-0.05, 0) is 44.5 Å². The predicted octanol–water partition coefficient (Wildman–Crippen LogP) is 1.21. The van der Waals surface area contributed by atoms with Crippen LogP contribution in [0.15, 0.2) is 36.4 Å². The van der Waals surface area contributed by atoms with Crippen molar-refractivity contribution in [1.29, 1.82) is 0 Å². The number of benzene rings is 1. The average Bonchev–Trinajstić information content (AvgIpc) is 3.19. The molecule has 4 aliphatic carbocycles. The molecule has 1 amide bonds. The maximum atomic E-state index is 12.8. The van der Waals surface area contributed by atoms with Crippen molar-refractivity contribution in [2.75, 3.05) is 27.8 Å². The van der Waals surface area contributed by atoms with Gasteiger partial charge < -0.3 is 29.5 Å². The summed E-state index contributed by atoms with van der Waals surface area (Å²) in [7, 11) is 5.08. The smallest absolute Gasteiger partial charge is 0.330 e. The average molecular weight is 453 g/mol. The third-order valence-corrected chi connectivity index (χ3v) is 8.96. The molecule has 33 heavy (non-hydrogen) atoms. The molecule has 0 radical (unpaired) electrons. The Morgan fingerprint density at radius 2 is 2.09 bits per heavy atom. The van der Waals surface area contributed by atoms with Crippen molar-refractivity contribution in [3.05, 3.63) is 47.6 Å². The van der Waals surface area contributed by atoms with Crippen LogP contribution in [-0.4, -0.2) is 73.5 Å². The van der Waals surface area contributed by atoms with Crippen molar-refractivity contribution < 1.29 is 28.9 Å². The van der Waals surface area contributed by atoms with Crippen LogP contribution in [0.25, 0.3) is 0 Å². The first-order chi connectivity index (χ1) is 15.8. The number of rotatable bonds is 4. The Morgan fingerprint density at radius 3 is 2.85 bits per heavy atom. The molecule has 2 aliphatic heterocycles. The van der Waals surface area contributed by atoms with E-state index >= 15 is 0 Å². The van der Waals surface area contributed by atoms with Gasteiger partial charge in [-0.15, -0.1) is 0 Å². The van der Waals surface area contributed by atoms with E-state index in [0.29, 0.717) is 12.2 Å². The van der Waals surface area contributed by atoms with Gasteiger partial charge in [0, 0.05) is 36.3 Å². The van der Waals surface area contributed by atoms with Gasteiger partial charge in [0.05, 0.1) is 18.6 Å². The lowest BCUT2D eigenvalue weighted by atomic mass is 9.38. The summed E-state index contributed by atoms with van der Waals surface area (Å²) in [6.07, 6.45) is 8.69. The Labute approximate surface area is 192 Å². The first kappa shape index (κ1) is 20.7. The number of carbonyl (C=O) groups is 2. The van der Waals surface area contributed by atoms with E-state index in [-0.39, 0.29) is 40.7 Å². The summed E-state index contributed by atoms with van der Waals surface area (Å²) in [5, 5.41) is 13.8. The fourth-order valence-electron chi connectivity index (χ4n) is 7.65. The fourth-order valence-corrected chi connectivity index (χ4v) is 7.65. The highest BCUT2D eigenvalue weighted by Crippen LogP contribution is 2.73. The number of nitrogens with one attached hydrogen (secondary N) is 1. The number of esters is 1. The van der Waals surface area contributed by atoms with Crippen LogP contribution in [0.2, 0.25) is 0 Å². The highest BCUT2D eigenvalue weighted by molar-refractivity contribution is 5.94. The van der Waals surface area contributed by atoms with Crippen LogP contribution in [0.1, 0.15) is 24.0 Å². The first-order valence-electron chi connectivity index (χ1n) is 11.4. The third-order valence-electron chi connectivity index (χ3n) is 8.96. The summed E-state index contributed by atoms with van der Waals surface area (Å²) in [4.78, 5) is 26.6. The van der Waals surface area contributed by atoms with E-state index in [2.05, 4.69) is 34.2 Å². The molecule has 8 nitrogen and oxygen atoms in total. The number of amides is 1. The van der Waals surface area contributed by atoms with Crippen molar-refractivity contribution in [2.24, 2.45) is 5.41 Å². The molecule has 7 rings (SSSR count). The summed E-state index contributed by atoms with van der Waals surface area (Å²) < 4.78 is 17.4. The Hall–Kier alpha value is -2.84. The number of methoxy groups -OCH3 is 2. The van der Waals surface area contributed by atoms with Gasteiger partial charge in [0.1, 0.15) is 11.7 Å². The molecule has 1 unspecified atom stereocenters. The molecule has 4 bridgehead atoms. The third kappa shape index (κ3) is 2.28. The van der Waals surface area contributed by atoms with Crippen LogP contribution in [0.3, 0.4) is 0 Å². The zero-order valence-electron chi connectivity index (χ0n) is 19.0. The van der Waals surface area contributed by atoms with E-state index in [4.69, 9.17) is 9.47 Å². The second-order valence-corrected chi connectivity index (χ2v) is 9.92. The van der Waals surface area contributed by atoms with E-state index in [1.165, 1.54) is 18.7 Å². The largest absolute Gasteiger partial charge is 0.504 e. The number of piperidine rings is 1. The molecule has 1 aromatic rings. The van der Waals surface area contributed by atoms with Gasteiger partial charge >= 0.3 is 5.97 Å². The Bertz CT molecular complexity index is 1130. The lowest BCUT2D eigenvalue weighted by molar-refractivity contribution is -0.200. The summed E-state index contributed by atoms with van der Waals surface area (Å²) in [5.41, 5.74) is 0.830. The number of phenolic OH excluding ortho intramolecular Hbond substituents is 1. The minimum Gasteiger partial charge on any atom is -0.504 e. The molecule has 6 aliphatic rings. The van der Waals surface area contributed by atoms with Crippen molar-refractivity contribution in [2.45, 2.75) is 48.5 Å². The number of hydrogen-bond donors (Lipinski definition) is 2. The van der Waals surface area contributed by atoms with Gasteiger partial charge in [0.2, 0.25) is 5.91 Å². The molecule has 0 aromatic heterocycles. The van der Waals surface area contributed by atoms with Gasteiger partial charge in [0.15, 0.2) is 11.5 Å². The lowest BCUT2D eigenvalue weighted by Crippen LogP contribution is -2.81. The highest BCUT2D eigenvalue weighted by Gasteiger charge is 2.79. The second-order valence-electron chi connectivity index (χ2n) is 9.92. The molecule has 2 fully saturated rings. The number of likely N-dealkylation sites (tertiary alicyclic amines) is 1. The Morgan fingerprint density at radius 1 is 1.27 bits per heavy atom. The van der Waals surface area contributed by atoms with Crippen LogP contribution in [-0.2, 0) is 30.9 Å². The monoisotopic (exact) mass is 452 g/mol. The molecule has 1 saturated heterocycles. The molecular weight excluding hydrogens is 424 g/mol. The minimum atomic E-state index is -0.906. The molecule has 1 saturated carbocycles. The number of fused-ring (bicyclic) bond motifs is 1. The maximum absolute atomic E-state index is 12.8. The molecular formula is C25H28N2O6. The lowest BCUT2D eigenvalue weighted by Gasteiger charge is -2.71. The molecule has 6 atom stereocenters. The van der Waals surface area contributed by atoms with E-state index in [9.17, 15) is 14.7 Å².